The first-order valence-corrected chi connectivity index (χ1v) is 8.41. The highest BCUT2D eigenvalue weighted by molar-refractivity contribution is 7.19. The molecular formula is C14H11ClF2N6OS. The molecular weight excluding hydrogens is 374 g/mol. The van der Waals surface area contributed by atoms with Crippen LogP contribution in [0.5, 0.6) is 0 Å². The van der Waals surface area contributed by atoms with Crippen LogP contribution >= 0.6 is 22.9 Å². The van der Waals surface area contributed by atoms with Crippen LogP contribution in [0.15, 0.2) is 16.5 Å². The van der Waals surface area contributed by atoms with Gasteiger partial charge in [0.25, 0.3) is 0 Å². The first-order chi connectivity index (χ1) is 11.8. The van der Waals surface area contributed by atoms with Crippen molar-refractivity contribution in [3.63, 3.8) is 0 Å². The van der Waals surface area contributed by atoms with E-state index in [1.54, 1.807) is 6.07 Å². The number of nitrogens with one attached hydrogen (secondary N) is 1. The number of fused-ring (bicyclic) bond motifs is 1. The summed E-state index contributed by atoms with van der Waals surface area (Å²) in [6, 6.07) is 3.56. The third-order valence-corrected chi connectivity index (χ3v) is 4.83. The number of aromatic nitrogens is 6. The Morgan fingerprint density at radius 2 is 2.12 bits per heavy atom. The lowest BCUT2D eigenvalue weighted by Gasteiger charge is -2.01. The number of alkyl halides is 3. The molecule has 1 N–H and O–H groups in total. The molecule has 0 saturated heterocycles. The van der Waals surface area contributed by atoms with Gasteiger partial charge in [0.2, 0.25) is 10.8 Å². The third kappa shape index (κ3) is 2.81. The number of furan rings is 1. The van der Waals surface area contributed by atoms with Gasteiger partial charge in [0.05, 0.1) is 5.69 Å². The fourth-order valence-corrected chi connectivity index (χ4v) is 3.41. The van der Waals surface area contributed by atoms with Gasteiger partial charge in [-0.25, -0.2) is 0 Å². The highest BCUT2D eigenvalue weighted by Crippen LogP contribution is 2.34. The fourth-order valence-electron chi connectivity index (χ4n) is 2.49. The Morgan fingerprint density at radius 1 is 1.32 bits per heavy atom. The van der Waals surface area contributed by atoms with E-state index in [2.05, 4.69) is 25.5 Å². The zero-order valence-corrected chi connectivity index (χ0v) is 14.6. The Labute approximate surface area is 148 Å². The minimum Gasteiger partial charge on any atom is -0.458 e. The molecule has 4 rings (SSSR count). The molecule has 0 saturated carbocycles. The molecule has 0 aliphatic heterocycles. The molecule has 0 aliphatic rings. The van der Waals surface area contributed by atoms with Crippen LogP contribution in [0.4, 0.5) is 8.78 Å². The van der Waals surface area contributed by atoms with Crippen molar-refractivity contribution in [1.29, 1.82) is 0 Å². The monoisotopic (exact) mass is 384 g/mol. The van der Waals surface area contributed by atoms with Crippen LogP contribution in [-0.2, 0) is 11.8 Å². The standard InChI is InChI=1S/C14H11ClF2N6OS/c1-6-9(7(2)19-18-6)5-8-3-4-10(24-8)11-22-23-12(14(15,16)17)20-21-13(23)25-11/h3-4H,5H2,1-2H3,(H,18,19). The Morgan fingerprint density at radius 3 is 2.80 bits per heavy atom. The van der Waals surface area contributed by atoms with Crippen molar-refractivity contribution < 1.29 is 13.2 Å². The van der Waals surface area contributed by atoms with E-state index < -0.39 is 11.2 Å². The van der Waals surface area contributed by atoms with Crippen LogP contribution in [-0.4, -0.2) is 30.0 Å². The number of rotatable bonds is 4. The summed E-state index contributed by atoms with van der Waals surface area (Å²) in [6.07, 6.45) is 0.573. The zero-order chi connectivity index (χ0) is 17.8. The molecule has 7 nitrogen and oxygen atoms in total. The smallest absolute Gasteiger partial charge is 0.383 e. The van der Waals surface area contributed by atoms with Crippen molar-refractivity contribution in [2.45, 2.75) is 25.7 Å². The Bertz CT molecular complexity index is 1040. The normalized spacial score (nSPS) is 12.4. The number of aromatic amines is 1. The van der Waals surface area contributed by atoms with E-state index in [4.69, 9.17) is 16.0 Å². The molecule has 0 unspecified atom stereocenters. The fraction of sp³-hybridized carbons (Fsp3) is 0.286. The van der Waals surface area contributed by atoms with Gasteiger partial charge in [-0.05, 0) is 37.6 Å². The van der Waals surface area contributed by atoms with Gasteiger partial charge in [0.15, 0.2) is 10.8 Å². The average molecular weight is 385 g/mol. The highest BCUT2D eigenvalue weighted by atomic mass is 35.5. The molecule has 4 heterocycles. The number of aryl methyl sites for hydroxylation is 2. The summed E-state index contributed by atoms with van der Waals surface area (Å²) >= 11 is 6.11. The topological polar surface area (TPSA) is 84.9 Å². The van der Waals surface area contributed by atoms with Crippen LogP contribution in [0.2, 0.25) is 0 Å². The van der Waals surface area contributed by atoms with Gasteiger partial charge in [0.1, 0.15) is 5.76 Å². The third-order valence-electron chi connectivity index (χ3n) is 3.75. The first-order valence-electron chi connectivity index (χ1n) is 7.22. The average Bonchev–Trinajstić information content (AvgIpc) is 3.25. The van der Waals surface area contributed by atoms with Crippen LogP contribution in [0.3, 0.4) is 0 Å². The van der Waals surface area contributed by atoms with E-state index in [-0.39, 0.29) is 4.96 Å². The van der Waals surface area contributed by atoms with Gasteiger partial charge in [-0.3, -0.25) is 5.10 Å². The highest BCUT2D eigenvalue weighted by Gasteiger charge is 2.36. The largest absolute Gasteiger partial charge is 0.458 e. The Hall–Kier alpha value is -2.33. The van der Waals surface area contributed by atoms with Crippen LogP contribution in [0, 0.1) is 13.8 Å². The van der Waals surface area contributed by atoms with Gasteiger partial charge in [-0.1, -0.05) is 11.3 Å². The summed E-state index contributed by atoms with van der Waals surface area (Å²) in [5.41, 5.74) is 2.94. The molecule has 130 valence electrons. The maximum absolute atomic E-state index is 13.3. The quantitative estimate of drug-likeness (QED) is 0.543. The summed E-state index contributed by atoms with van der Waals surface area (Å²) in [7, 11) is 0. The molecule has 0 fully saturated rings. The van der Waals surface area contributed by atoms with E-state index in [9.17, 15) is 8.78 Å². The van der Waals surface area contributed by atoms with Gasteiger partial charge < -0.3 is 4.42 Å². The predicted molar refractivity (Wildman–Crippen MR) is 87.0 cm³/mol. The van der Waals surface area contributed by atoms with E-state index in [1.165, 1.54) is 0 Å². The number of halogens is 3. The second-order valence-corrected chi connectivity index (χ2v) is 6.91. The molecule has 25 heavy (non-hydrogen) atoms. The van der Waals surface area contributed by atoms with E-state index in [1.807, 2.05) is 19.9 Å². The van der Waals surface area contributed by atoms with Gasteiger partial charge >= 0.3 is 5.38 Å². The van der Waals surface area contributed by atoms with Crippen LogP contribution < -0.4 is 0 Å². The number of hydrogen-bond donors (Lipinski definition) is 1. The van der Waals surface area contributed by atoms with Crippen LogP contribution in [0.25, 0.3) is 15.7 Å². The van der Waals surface area contributed by atoms with Crippen molar-refractivity contribution in [2.24, 2.45) is 0 Å². The maximum atomic E-state index is 13.3. The molecule has 11 heteroatoms. The van der Waals surface area contributed by atoms with E-state index in [0.29, 0.717) is 17.2 Å². The molecule has 0 radical (unpaired) electrons. The van der Waals surface area contributed by atoms with Gasteiger partial charge in [0, 0.05) is 17.7 Å². The number of H-pyrrole nitrogens is 1. The van der Waals surface area contributed by atoms with E-state index >= 15 is 0 Å². The summed E-state index contributed by atoms with van der Waals surface area (Å²) in [4.78, 5) is 0.213. The molecule has 0 amide bonds. The molecule has 0 aliphatic carbocycles. The van der Waals surface area contributed by atoms with Crippen molar-refractivity contribution in [1.82, 2.24) is 30.0 Å². The van der Waals surface area contributed by atoms with Gasteiger partial charge in [-0.2, -0.15) is 18.4 Å². The second kappa shape index (κ2) is 5.60. The molecule has 0 atom stereocenters. The second-order valence-electron chi connectivity index (χ2n) is 5.48. The predicted octanol–water partition coefficient (Wildman–Crippen LogP) is 3.66. The Kier molecular flexibility index (Phi) is 3.62. The summed E-state index contributed by atoms with van der Waals surface area (Å²) in [5, 5.41) is 15.0. The summed E-state index contributed by atoms with van der Waals surface area (Å²) in [5.74, 6) is 0.465. The molecule has 0 spiro atoms. The SMILES string of the molecule is Cc1n[nH]c(C)c1Cc1ccc(-c2nn3c(C(F)(F)Cl)nnc3s2)o1. The first kappa shape index (κ1) is 16.2. The lowest BCUT2D eigenvalue weighted by atomic mass is 10.1. The minimum absolute atomic E-state index is 0.213. The number of nitrogens with zero attached hydrogens (tertiary/aromatic N) is 5. The molecule has 0 aromatic carbocycles. The van der Waals surface area contributed by atoms with Crippen molar-refractivity contribution >= 4 is 27.9 Å². The maximum Gasteiger partial charge on any atom is 0.383 e. The number of hydrogen-bond acceptors (Lipinski definition) is 6. The van der Waals surface area contributed by atoms with Crippen molar-refractivity contribution in [3.05, 3.63) is 40.7 Å². The van der Waals surface area contributed by atoms with E-state index in [0.717, 1.165) is 38.6 Å². The Balaban J connectivity index is 1.66. The molecule has 0 bridgehead atoms. The summed E-state index contributed by atoms with van der Waals surface area (Å²) < 4.78 is 33.3. The van der Waals surface area contributed by atoms with Crippen LogP contribution in [0.1, 0.15) is 28.5 Å². The lowest BCUT2D eigenvalue weighted by molar-refractivity contribution is 0.0821. The van der Waals surface area contributed by atoms with Gasteiger partial charge in [-0.15, -0.1) is 15.3 Å². The minimum atomic E-state index is -3.64. The molecule has 4 aromatic heterocycles. The zero-order valence-electron chi connectivity index (χ0n) is 13.0. The summed E-state index contributed by atoms with van der Waals surface area (Å²) in [6.45, 7) is 3.86. The van der Waals surface area contributed by atoms with Crippen molar-refractivity contribution in [3.8, 4) is 10.8 Å². The van der Waals surface area contributed by atoms with Crippen molar-refractivity contribution in [2.75, 3.05) is 0 Å². The lowest BCUT2D eigenvalue weighted by Crippen LogP contribution is -2.10. The molecule has 4 aromatic rings.